The van der Waals surface area contributed by atoms with Gasteiger partial charge in [0.1, 0.15) is 0 Å². The molecule has 0 bridgehead atoms. The van der Waals surface area contributed by atoms with Gasteiger partial charge in [0.2, 0.25) is 0 Å². The summed E-state index contributed by atoms with van der Waals surface area (Å²) in [6.07, 6.45) is 5.37. The zero-order chi connectivity index (χ0) is 12.1. The third-order valence-corrected chi connectivity index (χ3v) is 5.05. The molecule has 17 heavy (non-hydrogen) atoms. The van der Waals surface area contributed by atoms with E-state index in [1.807, 2.05) is 11.3 Å². The maximum absolute atomic E-state index is 3.65. The van der Waals surface area contributed by atoms with Gasteiger partial charge in [-0.15, -0.1) is 11.3 Å². The lowest BCUT2D eigenvalue weighted by Gasteiger charge is -2.42. The number of rotatable bonds is 7. The van der Waals surface area contributed by atoms with Gasteiger partial charge in [-0.1, -0.05) is 6.42 Å². The highest BCUT2D eigenvalue weighted by Crippen LogP contribution is 2.39. The van der Waals surface area contributed by atoms with Crippen LogP contribution in [0.3, 0.4) is 0 Å². The van der Waals surface area contributed by atoms with Crippen LogP contribution in [-0.4, -0.2) is 26.7 Å². The molecule has 2 N–H and O–H groups in total. The lowest BCUT2D eigenvalue weighted by molar-refractivity contribution is 0.131. The van der Waals surface area contributed by atoms with Crippen molar-refractivity contribution in [3.05, 3.63) is 21.9 Å². The summed E-state index contributed by atoms with van der Waals surface area (Å²) in [7, 11) is 2.06. The second-order valence-corrected chi connectivity index (χ2v) is 6.34. The van der Waals surface area contributed by atoms with Crippen LogP contribution >= 0.6 is 11.3 Å². The summed E-state index contributed by atoms with van der Waals surface area (Å²) in [5.41, 5.74) is 2.00. The fourth-order valence-corrected chi connectivity index (χ4v) is 3.59. The first-order chi connectivity index (χ1) is 8.26. The molecule has 1 aliphatic rings. The van der Waals surface area contributed by atoms with Crippen LogP contribution in [0.15, 0.2) is 11.4 Å². The number of aryl methyl sites for hydroxylation is 1. The van der Waals surface area contributed by atoms with E-state index in [0.717, 1.165) is 13.1 Å². The monoisotopic (exact) mass is 252 g/mol. The van der Waals surface area contributed by atoms with Crippen molar-refractivity contribution in [3.63, 3.8) is 0 Å². The van der Waals surface area contributed by atoms with Crippen molar-refractivity contribution in [2.45, 2.75) is 32.6 Å². The highest BCUT2D eigenvalue weighted by molar-refractivity contribution is 7.10. The van der Waals surface area contributed by atoms with Crippen LogP contribution in [0.5, 0.6) is 0 Å². The minimum atomic E-state index is 0.555. The Hall–Kier alpha value is -0.380. The number of hydrogen-bond acceptors (Lipinski definition) is 3. The van der Waals surface area contributed by atoms with Crippen LogP contribution in [0.4, 0.5) is 0 Å². The van der Waals surface area contributed by atoms with Gasteiger partial charge in [0.25, 0.3) is 0 Å². The van der Waals surface area contributed by atoms with Crippen molar-refractivity contribution in [3.8, 4) is 0 Å². The van der Waals surface area contributed by atoms with Crippen LogP contribution < -0.4 is 10.6 Å². The Kier molecular flexibility index (Phi) is 4.60. The molecule has 2 nitrogen and oxygen atoms in total. The fourth-order valence-electron chi connectivity index (χ4n) is 2.68. The smallest absolute Gasteiger partial charge is 0.00870 e. The molecule has 1 fully saturated rings. The quantitative estimate of drug-likeness (QED) is 0.729. The molecule has 0 spiro atoms. The first-order valence-electron chi connectivity index (χ1n) is 6.64. The zero-order valence-electron chi connectivity index (χ0n) is 11.0. The molecular weight excluding hydrogens is 228 g/mol. The molecule has 3 heteroatoms. The summed E-state index contributed by atoms with van der Waals surface area (Å²) in [6.45, 7) is 5.67. The molecule has 2 rings (SSSR count). The molecular formula is C14H24N2S. The van der Waals surface area contributed by atoms with Gasteiger partial charge >= 0.3 is 0 Å². The first kappa shape index (κ1) is 13.1. The minimum absolute atomic E-state index is 0.555. The van der Waals surface area contributed by atoms with Crippen molar-refractivity contribution in [1.29, 1.82) is 0 Å². The van der Waals surface area contributed by atoms with Crippen LogP contribution in [-0.2, 0) is 6.42 Å². The number of thiophene rings is 1. The van der Waals surface area contributed by atoms with Gasteiger partial charge in [-0.05, 0) is 62.2 Å². The van der Waals surface area contributed by atoms with E-state index >= 15 is 0 Å². The maximum Gasteiger partial charge on any atom is 0.00870 e. The van der Waals surface area contributed by atoms with E-state index in [-0.39, 0.29) is 0 Å². The Morgan fingerprint density at radius 1 is 1.35 bits per heavy atom. The molecule has 1 heterocycles. The zero-order valence-corrected chi connectivity index (χ0v) is 11.8. The Morgan fingerprint density at radius 3 is 2.71 bits per heavy atom. The van der Waals surface area contributed by atoms with Crippen molar-refractivity contribution < 1.29 is 0 Å². The van der Waals surface area contributed by atoms with E-state index in [1.165, 1.54) is 42.7 Å². The van der Waals surface area contributed by atoms with Gasteiger partial charge in [0, 0.05) is 18.0 Å². The molecule has 0 radical (unpaired) electrons. The van der Waals surface area contributed by atoms with Gasteiger partial charge in [-0.2, -0.15) is 0 Å². The molecule has 0 unspecified atom stereocenters. The van der Waals surface area contributed by atoms with E-state index in [2.05, 4.69) is 36.1 Å². The van der Waals surface area contributed by atoms with Crippen molar-refractivity contribution in [2.24, 2.45) is 5.41 Å². The van der Waals surface area contributed by atoms with Crippen LogP contribution in [0.2, 0.25) is 0 Å². The van der Waals surface area contributed by atoms with Gasteiger partial charge in [0.05, 0.1) is 0 Å². The molecule has 0 atom stereocenters. The summed E-state index contributed by atoms with van der Waals surface area (Å²) in [6, 6.07) is 2.22. The van der Waals surface area contributed by atoms with Crippen molar-refractivity contribution in [2.75, 3.05) is 26.7 Å². The molecule has 1 aromatic heterocycles. The second kappa shape index (κ2) is 5.98. The van der Waals surface area contributed by atoms with Gasteiger partial charge < -0.3 is 10.6 Å². The van der Waals surface area contributed by atoms with E-state index in [0.29, 0.717) is 5.41 Å². The topological polar surface area (TPSA) is 24.1 Å². The highest BCUT2D eigenvalue weighted by atomic mass is 32.1. The van der Waals surface area contributed by atoms with Crippen molar-refractivity contribution in [1.82, 2.24) is 10.6 Å². The maximum atomic E-state index is 3.65. The molecule has 96 valence electrons. The van der Waals surface area contributed by atoms with E-state index in [1.54, 1.807) is 0 Å². The minimum Gasteiger partial charge on any atom is -0.319 e. The average molecular weight is 252 g/mol. The lowest BCUT2D eigenvalue weighted by atomic mass is 9.68. The van der Waals surface area contributed by atoms with E-state index < -0.39 is 0 Å². The van der Waals surface area contributed by atoms with E-state index in [4.69, 9.17) is 0 Å². The molecule has 1 saturated carbocycles. The Balaban J connectivity index is 1.67. The second-order valence-electron chi connectivity index (χ2n) is 5.34. The highest BCUT2D eigenvalue weighted by Gasteiger charge is 2.35. The summed E-state index contributed by atoms with van der Waals surface area (Å²) >= 11 is 1.89. The molecule has 0 aliphatic heterocycles. The predicted molar refractivity (Wildman–Crippen MR) is 75.8 cm³/mol. The summed E-state index contributed by atoms with van der Waals surface area (Å²) in [5, 5.41) is 9.17. The Morgan fingerprint density at radius 2 is 2.18 bits per heavy atom. The third-order valence-electron chi connectivity index (χ3n) is 3.96. The van der Waals surface area contributed by atoms with Gasteiger partial charge in [0.15, 0.2) is 0 Å². The number of nitrogens with one attached hydrogen (secondary N) is 2. The summed E-state index contributed by atoms with van der Waals surface area (Å²) < 4.78 is 0. The van der Waals surface area contributed by atoms with Gasteiger partial charge in [-0.3, -0.25) is 0 Å². The normalized spacial score (nSPS) is 18.0. The molecule has 1 aromatic rings. The molecule has 0 aromatic carbocycles. The molecule has 0 amide bonds. The first-order valence-corrected chi connectivity index (χ1v) is 7.52. The fraction of sp³-hybridized carbons (Fsp3) is 0.714. The third kappa shape index (κ3) is 3.30. The number of hydrogen-bond donors (Lipinski definition) is 2. The lowest BCUT2D eigenvalue weighted by Crippen LogP contribution is -2.46. The standard InChI is InChI=1S/C14H24N2S/c1-12-5-9-17-13(12)4-8-16-11-14(10-15-2)6-3-7-14/h5,9,15-16H,3-4,6-8,10-11H2,1-2H3. The van der Waals surface area contributed by atoms with Gasteiger partial charge in [-0.25, -0.2) is 0 Å². The molecule has 0 saturated heterocycles. The predicted octanol–water partition coefficient (Wildman–Crippen LogP) is 2.58. The molecule has 1 aliphatic carbocycles. The van der Waals surface area contributed by atoms with E-state index in [9.17, 15) is 0 Å². The SMILES string of the molecule is CNCC1(CNCCc2sccc2C)CCC1. The largest absolute Gasteiger partial charge is 0.319 e. The average Bonchev–Trinajstić information content (AvgIpc) is 2.66. The summed E-state index contributed by atoms with van der Waals surface area (Å²) in [5.74, 6) is 0. The van der Waals surface area contributed by atoms with Crippen LogP contribution in [0.1, 0.15) is 29.7 Å². The summed E-state index contributed by atoms with van der Waals surface area (Å²) in [4.78, 5) is 1.54. The van der Waals surface area contributed by atoms with Crippen LogP contribution in [0.25, 0.3) is 0 Å². The van der Waals surface area contributed by atoms with Crippen molar-refractivity contribution >= 4 is 11.3 Å². The van der Waals surface area contributed by atoms with Crippen LogP contribution in [0, 0.1) is 12.3 Å². The Bertz CT molecular complexity index is 342. The Labute approximate surface area is 109 Å².